The Morgan fingerprint density at radius 1 is 1.43 bits per heavy atom. The first-order chi connectivity index (χ1) is 6.77. The van der Waals surface area contributed by atoms with Crippen molar-refractivity contribution >= 4 is 11.8 Å². The summed E-state index contributed by atoms with van der Waals surface area (Å²) in [5.41, 5.74) is 8.96. The second kappa shape index (κ2) is 5.45. The lowest BCUT2D eigenvalue weighted by molar-refractivity contribution is 0.303. The molecule has 0 aliphatic heterocycles. The van der Waals surface area contributed by atoms with E-state index in [1.807, 2.05) is 24.3 Å². The predicted octanol–water partition coefficient (Wildman–Crippen LogP) is 2.23. The summed E-state index contributed by atoms with van der Waals surface area (Å²) in [6, 6.07) is 6.00. The number of aliphatic hydroxyl groups is 1. The van der Waals surface area contributed by atoms with Gasteiger partial charge in [0.2, 0.25) is 0 Å². The average Bonchev–Trinajstić information content (AvgIpc) is 2.21. The van der Waals surface area contributed by atoms with Crippen molar-refractivity contribution in [3.8, 4) is 0 Å². The zero-order valence-corrected chi connectivity index (χ0v) is 8.53. The van der Waals surface area contributed by atoms with Crippen molar-refractivity contribution in [1.82, 2.24) is 0 Å². The van der Waals surface area contributed by atoms with Gasteiger partial charge in [0.15, 0.2) is 0 Å². The Morgan fingerprint density at radius 3 is 2.86 bits per heavy atom. The van der Waals surface area contributed by atoms with Crippen LogP contribution in [-0.2, 0) is 6.42 Å². The molecule has 0 unspecified atom stereocenters. The minimum absolute atomic E-state index is 0.201. The van der Waals surface area contributed by atoms with Gasteiger partial charge in [-0.1, -0.05) is 25.1 Å². The van der Waals surface area contributed by atoms with Gasteiger partial charge in [0.1, 0.15) is 0 Å². The van der Waals surface area contributed by atoms with Crippen LogP contribution in [0.4, 0.5) is 5.69 Å². The molecule has 1 aromatic carbocycles. The van der Waals surface area contributed by atoms with Gasteiger partial charge in [-0.15, -0.1) is 0 Å². The zero-order chi connectivity index (χ0) is 10.4. The number of hydrogen-bond donors (Lipinski definition) is 2. The van der Waals surface area contributed by atoms with Gasteiger partial charge in [0, 0.05) is 12.3 Å². The number of rotatable bonds is 4. The molecule has 76 valence electrons. The van der Waals surface area contributed by atoms with Gasteiger partial charge >= 0.3 is 0 Å². The third-order valence-corrected chi connectivity index (χ3v) is 2.15. The highest BCUT2D eigenvalue weighted by atomic mass is 16.2. The summed E-state index contributed by atoms with van der Waals surface area (Å²) in [5.74, 6) is 0. The van der Waals surface area contributed by atoms with Gasteiger partial charge in [-0.2, -0.15) is 0 Å². The smallest absolute Gasteiger partial charge is 0.0465 e. The lowest BCUT2D eigenvalue weighted by Gasteiger charge is -2.03. The number of aliphatic hydroxyl groups excluding tert-OH is 1. The molecule has 0 saturated carbocycles. The highest BCUT2D eigenvalue weighted by Crippen LogP contribution is 2.15. The van der Waals surface area contributed by atoms with Crippen molar-refractivity contribution in [1.29, 1.82) is 0 Å². The van der Waals surface area contributed by atoms with Crippen LogP contribution in [-0.4, -0.2) is 11.7 Å². The molecule has 14 heavy (non-hydrogen) atoms. The Labute approximate surface area is 85.1 Å². The molecule has 0 amide bonds. The first-order valence-corrected chi connectivity index (χ1v) is 4.93. The quantitative estimate of drug-likeness (QED) is 0.717. The Hall–Kier alpha value is -1.28. The van der Waals surface area contributed by atoms with Crippen LogP contribution in [0.1, 0.15) is 24.5 Å². The molecule has 2 heteroatoms. The maximum absolute atomic E-state index is 8.62. The molecule has 0 heterocycles. The molecule has 1 aromatic rings. The number of nitrogen functional groups attached to an aromatic ring is 1. The first-order valence-electron chi connectivity index (χ1n) is 4.93. The SMILES string of the molecule is CCc1cc(C=CCCO)ccc1N. The Kier molecular flexibility index (Phi) is 4.20. The summed E-state index contributed by atoms with van der Waals surface area (Å²) in [5, 5.41) is 8.62. The predicted molar refractivity (Wildman–Crippen MR) is 61.0 cm³/mol. The van der Waals surface area contributed by atoms with Crippen LogP contribution in [0.15, 0.2) is 24.3 Å². The van der Waals surface area contributed by atoms with Crippen molar-refractivity contribution in [2.45, 2.75) is 19.8 Å². The van der Waals surface area contributed by atoms with Gasteiger partial charge in [0.25, 0.3) is 0 Å². The molecule has 0 fully saturated rings. The van der Waals surface area contributed by atoms with Crippen molar-refractivity contribution in [3.05, 3.63) is 35.4 Å². The summed E-state index contributed by atoms with van der Waals surface area (Å²) >= 11 is 0. The normalized spacial score (nSPS) is 11.0. The number of hydrogen-bond acceptors (Lipinski definition) is 2. The Morgan fingerprint density at radius 2 is 2.21 bits per heavy atom. The van der Waals surface area contributed by atoms with E-state index in [4.69, 9.17) is 10.8 Å². The van der Waals surface area contributed by atoms with E-state index in [1.165, 1.54) is 5.56 Å². The number of nitrogens with two attached hydrogens (primary N) is 1. The van der Waals surface area contributed by atoms with Crippen molar-refractivity contribution in [2.75, 3.05) is 12.3 Å². The van der Waals surface area contributed by atoms with E-state index in [0.717, 1.165) is 17.7 Å². The molecule has 0 spiro atoms. The maximum Gasteiger partial charge on any atom is 0.0465 e. The molecule has 0 atom stereocenters. The van der Waals surface area contributed by atoms with Gasteiger partial charge < -0.3 is 10.8 Å². The van der Waals surface area contributed by atoms with Crippen LogP contribution >= 0.6 is 0 Å². The molecule has 0 aromatic heterocycles. The van der Waals surface area contributed by atoms with Crippen LogP contribution < -0.4 is 5.73 Å². The fourth-order valence-corrected chi connectivity index (χ4v) is 1.33. The largest absolute Gasteiger partial charge is 0.399 e. The molecule has 3 N–H and O–H groups in total. The van der Waals surface area contributed by atoms with Crippen molar-refractivity contribution in [2.24, 2.45) is 0 Å². The summed E-state index contributed by atoms with van der Waals surface area (Å²) in [4.78, 5) is 0. The van der Waals surface area contributed by atoms with Gasteiger partial charge in [-0.05, 0) is 36.1 Å². The van der Waals surface area contributed by atoms with Gasteiger partial charge in [-0.25, -0.2) is 0 Å². The minimum atomic E-state index is 0.201. The van der Waals surface area contributed by atoms with E-state index in [0.29, 0.717) is 6.42 Å². The topological polar surface area (TPSA) is 46.2 Å². The lowest BCUT2D eigenvalue weighted by Crippen LogP contribution is -1.92. The molecule has 0 saturated heterocycles. The van der Waals surface area contributed by atoms with Gasteiger partial charge in [-0.3, -0.25) is 0 Å². The fraction of sp³-hybridized carbons (Fsp3) is 0.333. The van der Waals surface area contributed by atoms with Crippen molar-refractivity contribution in [3.63, 3.8) is 0 Å². The highest BCUT2D eigenvalue weighted by molar-refractivity contribution is 5.57. The first kappa shape index (κ1) is 10.8. The molecule has 2 nitrogen and oxygen atoms in total. The van der Waals surface area contributed by atoms with E-state index in [1.54, 1.807) is 0 Å². The van der Waals surface area contributed by atoms with Crippen LogP contribution in [0.3, 0.4) is 0 Å². The van der Waals surface area contributed by atoms with Crippen LogP contribution in [0, 0.1) is 0 Å². The summed E-state index contributed by atoms with van der Waals surface area (Å²) in [6.07, 6.45) is 5.62. The molecular weight excluding hydrogens is 174 g/mol. The fourth-order valence-electron chi connectivity index (χ4n) is 1.33. The molecular formula is C12H17NO. The standard InChI is InChI=1S/C12H17NO/c1-2-11-9-10(5-3-4-8-14)6-7-12(11)13/h3,5-7,9,14H,2,4,8,13H2,1H3. The minimum Gasteiger partial charge on any atom is -0.399 e. The van der Waals surface area contributed by atoms with Crippen LogP contribution in [0.5, 0.6) is 0 Å². The number of benzene rings is 1. The second-order valence-electron chi connectivity index (χ2n) is 3.23. The highest BCUT2D eigenvalue weighted by Gasteiger charge is 1.96. The third-order valence-electron chi connectivity index (χ3n) is 2.15. The zero-order valence-electron chi connectivity index (χ0n) is 8.53. The maximum atomic E-state index is 8.62. The number of aryl methyl sites for hydroxylation is 1. The Balaban J connectivity index is 2.79. The van der Waals surface area contributed by atoms with E-state index in [-0.39, 0.29) is 6.61 Å². The molecule has 0 aliphatic rings. The van der Waals surface area contributed by atoms with Gasteiger partial charge in [0.05, 0.1) is 0 Å². The third kappa shape index (κ3) is 2.89. The summed E-state index contributed by atoms with van der Waals surface area (Å²) in [6.45, 7) is 2.29. The number of anilines is 1. The van der Waals surface area contributed by atoms with Crippen LogP contribution in [0.25, 0.3) is 6.08 Å². The van der Waals surface area contributed by atoms with Crippen LogP contribution in [0.2, 0.25) is 0 Å². The van der Waals surface area contributed by atoms with E-state index >= 15 is 0 Å². The summed E-state index contributed by atoms with van der Waals surface area (Å²) in [7, 11) is 0. The molecule has 0 bridgehead atoms. The molecule has 0 aliphatic carbocycles. The van der Waals surface area contributed by atoms with E-state index in [2.05, 4.69) is 13.0 Å². The van der Waals surface area contributed by atoms with Crippen molar-refractivity contribution < 1.29 is 5.11 Å². The average molecular weight is 191 g/mol. The lowest BCUT2D eigenvalue weighted by atomic mass is 10.1. The second-order valence-corrected chi connectivity index (χ2v) is 3.23. The van der Waals surface area contributed by atoms with E-state index < -0.39 is 0 Å². The van der Waals surface area contributed by atoms with E-state index in [9.17, 15) is 0 Å². The monoisotopic (exact) mass is 191 g/mol. The summed E-state index contributed by atoms with van der Waals surface area (Å²) < 4.78 is 0. The Bertz CT molecular complexity index is 318. The molecule has 1 rings (SSSR count). The molecule has 0 radical (unpaired) electrons.